The fourth-order valence-corrected chi connectivity index (χ4v) is 4.86. The Morgan fingerprint density at radius 3 is 2.57 bits per heavy atom. The number of thiazole rings is 1. The molecule has 0 bridgehead atoms. The first-order valence-corrected chi connectivity index (χ1v) is 11.1. The van der Waals surface area contributed by atoms with Gasteiger partial charge in [0, 0.05) is 11.4 Å². The van der Waals surface area contributed by atoms with Gasteiger partial charge in [0.05, 0.1) is 14.7 Å². The van der Waals surface area contributed by atoms with E-state index in [1.165, 1.54) is 11.3 Å². The van der Waals surface area contributed by atoms with E-state index in [0.29, 0.717) is 5.75 Å². The van der Waals surface area contributed by atoms with Crippen molar-refractivity contribution in [3.05, 3.63) is 44.9 Å². The van der Waals surface area contributed by atoms with Crippen LogP contribution in [0.1, 0.15) is 36.1 Å². The van der Waals surface area contributed by atoms with E-state index >= 15 is 0 Å². The van der Waals surface area contributed by atoms with E-state index in [9.17, 15) is 4.79 Å². The molecule has 2 aromatic carbocycles. The molecule has 0 unspecified atom stereocenters. The molecule has 0 radical (unpaired) electrons. The number of aromatic nitrogens is 1. The van der Waals surface area contributed by atoms with Gasteiger partial charge in [-0.05, 0) is 91.9 Å². The lowest BCUT2D eigenvalue weighted by atomic mass is 10.1. The first-order valence-electron chi connectivity index (χ1n) is 9.52. The quantitative estimate of drug-likeness (QED) is 0.323. The van der Waals surface area contributed by atoms with Crippen molar-refractivity contribution >= 4 is 59.9 Å². The Bertz CT molecular complexity index is 1130. The summed E-state index contributed by atoms with van der Waals surface area (Å²) in [5.41, 5.74) is 9.63. The van der Waals surface area contributed by atoms with Crippen molar-refractivity contribution < 1.29 is 9.53 Å². The fourth-order valence-electron chi connectivity index (χ4n) is 3.18. The summed E-state index contributed by atoms with van der Waals surface area (Å²) in [6.45, 7) is 11.7. The number of rotatable bonds is 6. The Kier molecular flexibility index (Phi) is 6.77. The standard InChI is InChI=1S/C22H25BrN4O2S/c1-11(2)26-27-22-24-17-9-13(4)19(15(6)21(17)30-22)25-18(28)10-29-20-14(5)7-12(3)8-16(20)23/h7-9H,10H2,1-6H3,(H,24,27)(H,25,28). The van der Waals surface area contributed by atoms with Crippen LogP contribution >= 0.6 is 27.3 Å². The van der Waals surface area contributed by atoms with E-state index in [-0.39, 0.29) is 12.5 Å². The van der Waals surface area contributed by atoms with Crippen molar-refractivity contribution in [3.63, 3.8) is 0 Å². The predicted molar refractivity (Wildman–Crippen MR) is 129 cm³/mol. The molecule has 6 nitrogen and oxygen atoms in total. The summed E-state index contributed by atoms with van der Waals surface area (Å²) in [7, 11) is 0. The molecule has 1 heterocycles. The molecule has 8 heteroatoms. The van der Waals surface area contributed by atoms with E-state index in [4.69, 9.17) is 4.74 Å². The number of carbonyl (C=O) groups is 1. The number of nitrogens with zero attached hydrogens (tertiary/aromatic N) is 2. The van der Waals surface area contributed by atoms with Crippen molar-refractivity contribution in [2.45, 2.75) is 41.5 Å². The number of nitrogens with one attached hydrogen (secondary N) is 2. The Morgan fingerprint density at radius 2 is 1.90 bits per heavy atom. The number of aryl methyl sites for hydroxylation is 4. The second-order valence-corrected chi connectivity index (χ2v) is 9.31. The Morgan fingerprint density at radius 1 is 1.17 bits per heavy atom. The maximum Gasteiger partial charge on any atom is 0.262 e. The molecule has 0 aliphatic carbocycles. The molecule has 1 aromatic heterocycles. The number of hydrogen-bond acceptors (Lipinski definition) is 6. The van der Waals surface area contributed by atoms with Crippen LogP contribution in [0.25, 0.3) is 10.2 Å². The molecule has 0 saturated carbocycles. The van der Waals surface area contributed by atoms with Crippen molar-refractivity contribution in [2.75, 3.05) is 17.3 Å². The Labute approximate surface area is 188 Å². The van der Waals surface area contributed by atoms with Crippen LogP contribution in [0.2, 0.25) is 0 Å². The number of benzene rings is 2. The van der Waals surface area contributed by atoms with Gasteiger partial charge in [-0.1, -0.05) is 17.4 Å². The molecule has 0 saturated heterocycles. The second kappa shape index (κ2) is 9.14. The number of carbonyl (C=O) groups excluding carboxylic acids is 1. The van der Waals surface area contributed by atoms with Gasteiger partial charge in [-0.25, -0.2) is 4.98 Å². The lowest BCUT2D eigenvalue weighted by Gasteiger charge is -2.14. The molecule has 0 atom stereocenters. The third kappa shape index (κ3) is 4.99. The van der Waals surface area contributed by atoms with E-state index < -0.39 is 0 Å². The third-order valence-electron chi connectivity index (χ3n) is 4.48. The molecule has 2 N–H and O–H groups in total. The van der Waals surface area contributed by atoms with Crippen LogP contribution < -0.4 is 15.5 Å². The van der Waals surface area contributed by atoms with Crippen molar-refractivity contribution in [3.8, 4) is 5.75 Å². The highest BCUT2D eigenvalue weighted by atomic mass is 79.9. The predicted octanol–water partition coefficient (Wildman–Crippen LogP) is 6.12. The summed E-state index contributed by atoms with van der Waals surface area (Å²) in [4.78, 5) is 17.2. The van der Waals surface area contributed by atoms with Crippen molar-refractivity contribution in [2.24, 2.45) is 5.10 Å². The summed E-state index contributed by atoms with van der Waals surface area (Å²) in [6.07, 6.45) is 0. The van der Waals surface area contributed by atoms with Gasteiger partial charge in [0.1, 0.15) is 5.75 Å². The van der Waals surface area contributed by atoms with Crippen LogP contribution in [0.5, 0.6) is 5.75 Å². The lowest BCUT2D eigenvalue weighted by molar-refractivity contribution is -0.118. The smallest absolute Gasteiger partial charge is 0.262 e. The van der Waals surface area contributed by atoms with Gasteiger partial charge in [0.2, 0.25) is 5.13 Å². The summed E-state index contributed by atoms with van der Waals surface area (Å²) in [6, 6.07) is 5.98. The van der Waals surface area contributed by atoms with Gasteiger partial charge in [-0.2, -0.15) is 5.10 Å². The van der Waals surface area contributed by atoms with Gasteiger partial charge in [-0.15, -0.1) is 0 Å². The molecule has 0 aliphatic heterocycles. The average molecular weight is 489 g/mol. The van der Waals surface area contributed by atoms with E-state index in [0.717, 1.165) is 53.5 Å². The highest BCUT2D eigenvalue weighted by molar-refractivity contribution is 9.10. The van der Waals surface area contributed by atoms with Crippen molar-refractivity contribution in [1.29, 1.82) is 0 Å². The number of amides is 1. The van der Waals surface area contributed by atoms with Crippen LogP contribution in [-0.4, -0.2) is 23.2 Å². The SMILES string of the molecule is CC(C)=NNc1nc2cc(C)c(NC(=O)COc3c(C)cc(C)cc3Br)c(C)c2s1. The minimum atomic E-state index is -0.207. The molecule has 0 fully saturated rings. The number of fused-ring (bicyclic) bond motifs is 1. The van der Waals surface area contributed by atoms with Gasteiger partial charge in [0.25, 0.3) is 5.91 Å². The zero-order chi connectivity index (χ0) is 22.0. The number of ether oxygens (including phenoxy) is 1. The first-order chi connectivity index (χ1) is 14.2. The maximum absolute atomic E-state index is 12.6. The summed E-state index contributed by atoms with van der Waals surface area (Å²) in [5, 5.41) is 7.93. The minimum absolute atomic E-state index is 0.0700. The van der Waals surface area contributed by atoms with Crippen LogP contribution in [0.15, 0.2) is 27.8 Å². The lowest BCUT2D eigenvalue weighted by Crippen LogP contribution is -2.21. The van der Waals surface area contributed by atoms with E-state index in [1.54, 1.807) is 0 Å². The van der Waals surface area contributed by atoms with Crippen LogP contribution in [-0.2, 0) is 4.79 Å². The zero-order valence-electron chi connectivity index (χ0n) is 17.9. The molecule has 0 aliphatic rings. The molecular formula is C22H25BrN4O2S. The van der Waals surface area contributed by atoms with Gasteiger partial charge in [-0.3, -0.25) is 10.2 Å². The summed E-state index contributed by atoms with van der Waals surface area (Å²) in [5.74, 6) is 0.478. The molecule has 158 valence electrons. The number of halogens is 1. The average Bonchev–Trinajstić information content (AvgIpc) is 3.05. The van der Waals surface area contributed by atoms with E-state index in [2.05, 4.69) is 36.8 Å². The topological polar surface area (TPSA) is 75.6 Å². The highest BCUT2D eigenvalue weighted by Gasteiger charge is 2.16. The number of anilines is 2. The maximum atomic E-state index is 12.6. The third-order valence-corrected chi connectivity index (χ3v) is 6.16. The number of hydrazone groups is 1. The Balaban J connectivity index is 1.78. The molecule has 30 heavy (non-hydrogen) atoms. The largest absolute Gasteiger partial charge is 0.482 e. The van der Waals surface area contributed by atoms with Crippen molar-refractivity contribution in [1.82, 2.24) is 4.98 Å². The first kappa shape index (κ1) is 22.2. The van der Waals surface area contributed by atoms with E-state index in [1.807, 2.05) is 59.7 Å². The minimum Gasteiger partial charge on any atom is -0.482 e. The van der Waals surface area contributed by atoms with Gasteiger partial charge < -0.3 is 10.1 Å². The molecule has 3 rings (SSSR count). The normalized spacial score (nSPS) is 10.8. The monoisotopic (exact) mass is 488 g/mol. The number of hydrogen-bond donors (Lipinski definition) is 2. The molecule has 1 amide bonds. The highest BCUT2D eigenvalue weighted by Crippen LogP contribution is 2.35. The van der Waals surface area contributed by atoms with Gasteiger partial charge >= 0.3 is 0 Å². The zero-order valence-corrected chi connectivity index (χ0v) is 20.3. The Hall–Kier alpha value is -2.45. The van der Waals surface area contributed by atoms with Crippen LogP contribution in [0.3, 0.4) is 0 Å². The summed E-state index contributed by atoms with van der Waals surface area (Å²) < 4.78 is 7.65. The molecule has 3 aromatic rings. The fraction of sp³-hybridized carbons (Fsp3) is 0.318. The van der Waals surface area contributed by atoms with Gasteiger partial charge in [0.15, 0.2) is 6.61 Å². The second-order valence-electron chi connectivity index (χ2n) is 7.46. The van der Waals surface area contributed by atoms with Crippen LogP contribution in [0, 0.1) is 27.7 Å². The summed E-state index contributed by atoms with van der Waals surface area (Å²) >= 11 is 5.02. The van der Waals surface area contributed by atoms with Crippen LogP contribution in [0.4, 0.5) is 10.8 Å². The molecule has 0 spiro atoms. The molecular weight excluding hydrogens is 464 g/mol.